The molecule has 2 aliphatic rings. The summed E-state index contributed by atoms with van der Waals surface area (Å²) in [4.78, 5) is 17.9. The minimum Gasteiger partial charge on any atom is -0.378 e. The van der Waals surface area contributed by atoms with Crippen molar-refractivity contribution in [3.05, 3.63) is 0 Å². The van der Waals surface area contributed by atoms with Crippen molar-refractivity contribution >= 4 is 23.6 Å². The second kappa shape index (κ2) is 7.51. The fourth-order valence-corrected chi connectivity index (χ4v) is 2.38. The van der Waals surface area contributed by atoms with Crippen LogP contribution in [0, 0.1) is 0 Å². The molecule has 1 aromatic heterocycles. The van der Waals surface area contributed by atoms with E-state index in [9.17, 15) is 0 Å². The molecule has 0 atom stereocenters. The van der Waals surface area contributed by atoms with Gasteiger partial charge in [-0.25, -0.2) is 5.43 Å². The summed E-state index contributed by atoms with van der Waals surface area (Å²) in [5, 5.41) is 4.19. The Labute approximate surface area is 135 Å². The quantitative estimate of drug-likeness (QED) is 0.628. The summed E-state index contributed by atoms with van der Waals surface area (Å²) in [5.41, 5.74) is 3.82. The van der Waals surface area contributed by atoms with Crippen molar-refractivity contribution in [3.63, 3.8) is 0 Å². The van der Waals surface area contributed by atoms with Crippen LogP contribution >= 0.6 is 0 Å². The summed E-state index contributed by atoms with van der Waals surface area (Å²) in [6.45, 7) is 9.70. The van der Waals surface area contributed by atoms with Crippen LogP contribution in [-0.2, 0) is 9.47 Å². The van der Waals surface area contributed by atoms with Gasteiger partial charge in [-0.05, 0) is 13.8 Å². The first-order valence-electron chi connectivity index (χ1n) is 7.91. The van der Waals surface area contributed by atoms with Gasteiger partial charge in [0, 0.05) is 31.9 Å². The van der Waals surface area contributed by atoms with E-state index in [1.54, 1.807) is 0 Å². The number of morpholine rings is 2. The third-order valence-electron chi connectivity index (χ3n) is 3.58. The highest BCUT2D eigenvalue weighted by Gasteiger charge is 2.20. The molecule has 0 spiro atoms. The van der Waals surface area contributed by atoms with E-state index in [0.717, 1.165) is 31.9 Å². The number of nitrogens with zero attached hydrogens (tertiary/aromatic N) is 6. The second-order valence-corrected chi connectivity index (χ2v) is 5.63. The van der Waals surface area contributed by atoms with Gasteiger partial charge in [0.25, 0.3) is 0 Å². The van der Waals surface area contributed by atoms with Gasteiger partial charge >= 0.3 is 0 Å². The molecule has 2 aliphatic heterocycles. The zero-order valence-corrected chi connectivity index (χ0v) is 13.7. The Morgan fingerprint density at radius 3 is 1.78 bits per heavy atom. The average molecular weight is 321 g/mol. The van der Waals surface area contributed by atoms with Crippen molar-refractivity contribution in [2.75, 3.05) is 67.8 Å². The highest BCUT2D eigenvalue weighted by Crippen LogP contribution is 2.18. The summed E-state index contributed by atoms with van der Waals surface area (Å²) < 4.78 is 10.8. The van der Waals surface area contributed by atoms with Gasteiger partial charge in [-0.2, -0.15) is 20.1 Å². The Morgan fingerprint density at radius 1 is 0.870 bits per heavy atom. The monoisotopic (exact) mass is 321 g/mol. The van der Waals surface area contributed by atoms with Gasteiger partial charge in [0.2, 0.25) is 17.8 Å². The molecule has 9 heteroatoms. The molecule has 0 saturated carbocycles. The summed E-state index contributed by atoms with van der Waals surface area (Å²) in [5.74, 6) is 1.79. The van der Waals surface area contributed by atoms with Gasteiger partial charge in [-0.15, -0.1) is 0 Å². The number of hydrogen-bond acceptors (Lipinski definition) is 9. The van der Waals surface area contributed by atoms with Crippen LogP contribution in [0.3, 0.4) is 0 Å². The molecule has 1 aromatic rings. The van der Waals surface area contributed by atoms with Crippen molar-refractivity contribution in [3.8, 4) is 0 Å². The number of nitrogens with one attached hydrogen (secondary N) is 1. The lowest BCUT2D eigenvalue weighted by Crippen LogP contribution is -2.40. The van der Waals surface area contributed by atoms with Crippen LogP contribution in [0.25, 0.3) is 0 Å². The van der Waals surface area contributed by atoms with E-state index < -0.39 is 0 Å². The van der Waals surface area contributed by atoms with E-state index in [1.807, 2.05) is 13.8 Å². The topological polar surface area (TPSA) is 88.0 Å². The molecule has 2 fully saturated rings. The smallest absolute Gasteiger partial charge is 0.250 e. The lowest BCUT2D eigenvalue weighted by atomic mass is 10.4. The van der Waals surface area contributed by atoms with Crippen LogP contribution < -0.4 is 15.2 Å². The summed E-state index contributed by atoms with van der Waals surface area (Å²) in [7, 11) is 0. The van der Waals surface area contributed by atoms with Gasteiger partial charge in [0.05, 0.1) is 26.4 Å². The van der Waals surface area contributed by atoms with E-state index in [2.05, 4.69) is 35.3 Å². The lowest BCUT2D eigenvalue weighted by molar-refractivity contribution is 0.121. The third-order valence-corrected chi connectivity index (χ3v) is 3.58. The van der Waals surface area contributed by atoms with E-state index in [4.69, 9.17) is 9.47 Å². The first-order chi connectivity index (χ1) is 11.2. The molecule has 3 heterocycles. The SMILES string of the molecule is CC(C)=NNc1nc(N2CCOCC2)nc(N2CCOCC2)n1. The minimum atomic E-state index is 0.462. The zero-order chi connectivity index (χ0) is 16.1. The Balaban J connectivity index is 1.87. The van der Waals surface area contributed by atoms with Crippen molar-refractivity contribution in [2.45, 2.75) is 13.8 Å². The molecular weight excluding hydrogens is 298 g/mol. The summed E-state index contributed by atoms with van der Waals surface area (Å²) >= 11 is 0. The molecule has 2 saturated heterocycles. The van der Waals surface area contributed by atoms with E-state index >= 15 is 0 Å². The molecule has 23 heavy (non-hydrogen) atoms. The fourth-order valence-electron chi connectivity index (χ4n) is 2.38. The van der Waals surface area contributed by atoms with E-state index in [0.29, 0.717) is 44.3 Å². The average Bonchev–Trinajstić information content (AvgIpc) is 2.61. The van der Waals surface area contributed by atoms with Gasteiger partial charge in [-0.3, -0.25) is 0 Å². The summed E-state index contributed by atoms with van der Waals surface area (Å²) in [6, 6.07) is 0. The van der Waals surface area contributed by atoms with Crippen LogP contribution in [0.2, 0.25) is 0 Å². The minimum absolute atomic E-state index is 0.462. The maximum atomic E-state index is 5.40. The number of anilines is 3. The molecular formula is C14H23N7O2. The maximum Gasteiger partial charge on any atom is 0.250 e. The standard InChI is InChI=1S/C14H23N7O2/c1-11(2)18-19-12-15-13(20-3-7-22-8-4-20)17-14(16-12)21-5-9-23-10-6-21/h3-10H2,1-2H3,(H,15,16,17,19). The largest absolute Gasteiger partial charge is 0.378 e. The Morgan fingerprint density at radius 2 is 1.35 bits per heavy atom. The normalized spacial score (nSPS) is 18.7. The molecule has 0 radical (unpaired) electrons. The van der Waals surface area contributed by atoms with Crippen LogP contribution in [0.5, 0.6) is 0 Å². The Hall–Kier alpha value is -2.00. The highest BCUT2D eigenvalue weighted by atomic mass is 16.5. The van der Waals surface area contributed by atoms with Crippen LogP contribution in [0.4, 0.5) is 17.8 Å². The predicted molar refractivity (Wildman–Crippen MR) is 88.3 cm³/mol. The molecule has 0 aliphatic carbocycles. The number of hydrogen-bond donors (Lipinski definition) is 1. The summed E-state index contributed by atoms with van der Waals surface area (Å²) in [6.07, 6.45) is 0. The Bertz CT molecular complexity index is 514. The molecule has 0 aromatic carbocycles. The number of aromatic nitrogens is 3. The van der Waals surface area contributed by atoms with Crippen LogP contribution in [-0.4, -0.2) is 73.3 Å². The van der Waals surface area contributed by atoms with Crippen LogP contribution in [0.15, 0.2) is 5.10 Å². The van der Waals surface area contributed by atoms with E-state index in [1.165, 1.54) is 0 Å². The third kappa shape index (κ3) is 4.26. The number of rotatable bonds is 4. The Kier molecular flexibility index (Phi) is 5.19. The van der Waals surface area contributed by atoms with Crippen LogP contribution in [0.1, 0.15) is 13.8 Å². The fraction of sp³-hybridized carbons (Fsp3) is 0.714. The molecule has 9 nitrogen and oxygen atoms in total. The van der Waals surface area contributed by atoms with Crippen molar-refractivity contribution in [2.24, 2.45) is 5.10 Å². The second-order valence-electron chi connectivity index (χ2n) is 5.63. The molecule has 0 bridgehead atoms. The van der Waals surface area contributed by atoms with Gasteiger partial charge < -0.3 is 19.3 Å². The lowest BCUT2D eigenvalue weighted by Gasteiger charge is -2.30. The molecule has 0 unspecified atom stereocenters. The predicted octanol–water partition coefficient (Wildman–Crippen LogP) is 0.353. The van der Waals surface area contributed by atoms with Crippen molar-refractivity contribution in [1.29, 1.82) is 0 Å². The number of ether oxygens (including phenoxy) is 2. The molecule has 126 valence electrons. The molecule has 3 rings (SSSR count). The van der Waals surface area contributed by atoms with Crippen molar-refractivity contribution in [1.82, 2.24) is 15.0 Å². The number of hydrazone groups is 1. The van der Waals surface area contributed by atoms with Crippen molar-refractivity contribution < 1.29 is 9.47 Å². The van der Waals surface area contributed by atoms with Gasteiger partial charge in [0.15, 0.2) is 0 Å². The zero-order valence-electron chi connectivity index (χ0n) is 13.7. The molecule has 1 N–H and O–H groups in total. The maximum absolute atomic E-state index is 5.40. The van der Waals surface area contributed by atoms with Gasteiger partial charge in [0.1, 0.15) is 0 Å². The first-order valence-corrected chi connectivity index (χ1v) is 7.91. The van der Waals surface area contributed by atoms with Gasteiger partial charge in [-0.1, -0.05) is 0 Å². The molecule has 0 amide bonds. The highest BCUT2D eigenvalue weighted by molar-refractivity contribution is 5.79. The first kappa shape index (κ1) is 15.9. The van der Waals surface area contributed by atoms with E-state index in [-0.39, 0.29) is 0 Å².